The summed E-state index contributed by atoms with van der Waals surface area (Å²) < 4.78 is 50.2. The number of hydrogen-bond donors (Lipinski definition) is 0. The van der Waals surface area contributed by atoms with Gasteiger partial charge in [-0.05, 0) is 24.6 Å². The van der Waals surface area contributed by atoms with Gasteiger partial charge in [-0.3, -0.25) is 0 Å². The Kier molecular flexibility index (Phi) is 5.21. The van der Waals surface area contributed by atoms with E-state index in [2.05, 4.69) is 0 Å². The van der Waals surface area contributed by atoms with Crippen molar-refractivity contribution in [1.82, 2.24) is 4.31 Å². The average molecular weight is 338 g/mol. The van der Waals surface area contributed by atoms with Crippen LogP contribution in [0, 0.1) is 5.82 Å². The highest BCUT2D eigenvalue weighted by atomic mass is 35.5. The van der Waals surface area contributed by atoms with E-state index in [1.54, 1.807) is 7.11 Å². The lowest BCUT2D eigenvalue weighted by Gasteiger charge is -2.23. The van der Waals surface area contributed by atoms with Gasteiger partial charge < -0.3 is 9.47 Å². The minimum absolute atomic E-state index is 0.0354. The first kappa shape index (κ1) is 16.6. The number of nitrogens with zero attached hydrogens (tertiary/aromatic N) is 1. The second kappa shape index (κ2) is 6.58. The second-order valence-electron chi connectivity index (χ2n) is 4.85. The van der Waals surface area contributed by atoms with Crippen molar-refractivity contribution in [2.24, 2.45) is 0 Å². The molecule has 5 nitrogen and oxygen atoms in total. The zero-order valence-corrected chi connectivity index (χ0v) is 13.3. The summed E-state index contributed by atoms with van der Waals surface area (Å²) in [4.78, 5) is -0.0354. The van der Waals surface area contributed by atoms with Crippen LogP contribution in [0.4, 0.5) is 4.39 Å². The summed E-state index contributed by atoms with van der Waals surface area (Å²) >= 11 is 5.67. The Labute approximate surface area is 128 Å². The van der Waals surface area contributed by atoms with Gasteiger partial charge in [0, 0.05) is 20.8 Å². The van der Waals surface area contributed by atoms with E-state index in [-0.39, 0.29) is 35.2 Å². The van der Waals surface area contributed by atoms with E-state index in [1.807, 2.05) is 0 Å². The first-order valence-corrected chi connectivity index (χ1v) is 8.20. The maximum atomic E-state index is 13.2. The predicted molar refractivity (Wildman–Crippen MR) is 76.4 cm³/mol. The molecule has 21 heavy (non-hydrogen) atoms. The molecule has 1 saturated heterocycles. The molecule has 1 aromatic carbocycles. The third kappa shape index (κ3) is 3.37. The van der Waals surface area contributed by atoms with Crippen molar-refractivity contribution in [3.63, 3.8) is 0 Å². The van der Waals surface area contributed by atoms with Crippen LogP contribution in [0.1, 0.15) is 6.42 Å². The molecule has 1 heterocycles. The smallest absolute Gasteiger partial charge is 0.243 e. The molecule has 0 aliphatic carbocycles. The fourth-order valence-corrected chi connectivity index (χ4v) is 4.35. The SMILES string of the molecule is COC[C@@H]1C[C@H](OC)CN1S(=O)(=O)c1ccc(F)c(Cl)c1. The first-order valence-electron chi connectivity index (χ1n) is 6.38. The number of benzene rings is 1. The van der Waals surface area contributed by atoms with E-state index >= 15 is 0 Å². The zero-order valence-electron chi connectivity index (χ0n) is 11.8. The molecule has 118 valence electrons. The molecule has 1 aliphatic heterocycles. The summed E-state index contributed by atoms with van der Waals surface area (Å²) in [5.41, 5.74) is 0. The van der Waals surface area contributed by atoms with Gasteiger partial charge in [0.1, 0.15) is 5.82 Å². The summed E-state index contributed by atoms with van der Waals surface area (Å²) in [7, 11) is -0.715. The van der Waals surface area contributed by atoms with Crippen molar-refractivity contribution < 1.29 is 22.3 Å². The van der Waals surface area contributed by atoms with Crippen LogP contribution in [-0.2, 0) is 19.5 Å². The van der Waals surface area contributed by atoms with Gasteiger partial charge in [0.15, 0.2) is 0 Å². The van der Waals surface area contributed by atoms with Gasteiger partial charge in [-0.1, -0.05) is 11.6 Å². The molecule has 0 bridgehead atoms. The van der Waals surface area contributed by atoms with Crippen LogP contribution in [0.5, 0.6) is 0 Å². The second-order valence-corrected chi connectivity index (χ2v) is 7.15. The Morgan fingerprint density at radius 1 is 1.43 bits per heavy atom. The van der Waals surface area contributed by atoms with E-state index < -0.39 is 15.8 Å². The minimum Gasteiger partial charge on any atom is -0.383 e. The molecule has 0 amide bonds. The van der Waals surface area contributed by atoms with Gasteiger partial charge in [0.05, 0.1) is 28.7 Å². The monoisotopic (exact) mass is 337 g/mol. The quantitative estimate of drug-likeness (QED) is 0.823. The molecular weight excluding hydrogens is 321 g/mol. The topological polar surface area (TPSA) is 55.8 Å². The maximum Gasteiger partial charge on any atom is 0.243 e. The molecule has 0 N–H and O–H groups in total. The fourth-order valence-electron chi connectivity index (χ4n) is 2.43. The van der Waals surface area contributed by atoms with Gasteiger partial charge in [0.2, 0.25) is 10.0 Å². The average Bonchev–Trinajstić information content (AvgIpc) is 2.86. The van der Waals surface area contributed by atoms with Crippen LogP contribution >= 0.6 is 11.6 Å². The van der Waals surface area contributed by atoms with Gasteiger partial charge in [0.25, 0.3) is 0 Å². The normalized spacial score (nSPS) is 23.6. The third-order valence-corrected chi connectivity index (χ3v) is 5.72. The van der Waals surface area contributed by atoms with Gasteiger partial charge in [-0.25, -0.2) is 12.8 Å². The summed E-state index contributed by atoms with van der Waals surface area (Å²) in [5.74, 6) is -0.653. The van der Waals surface area contributed by atoms with Gasteiger partial charge in [-0.15, -0.1) is 0 Å². The van der Waals surface area contributed by atoms with E-state index in [0.29, 0.717) is 6.42 Å². The van der Waals surface area contributed by atoms with Crippen molar-refractivity contribution in [2.75, 3.05) is 27.4 Å². The van der Waals surface area contributed by atoms with E-state index in [4.69, 9.17) is 21.1 Å². The van der Waals surface area contributed by atoms with Crippen LogP contribution < -0.4 is 0 Å². The number of hydrogen-bond acceptors (Lipinski definition) is 4. The molecule has 0 aromatic heterocycles. The van der Waals surface area contributed by atoms with Crippen LogP contribution in [0.25, 0.3) is 0 Å². The molecule has 0 saturated carbocycles. The lowest BCUT2D eigenvalue weighted by atomic mass is 10.2. The van der Waals surface area contributed by atoms with Crippen molar-refractivity contribution in [3.05, 3.63) is 29.0 Å². The highest BCUT2D eigenvalue weighted by molar-refractivity contribution is 7.89. The van der Waals surface area contributed by atoms with Gasteiger partial charge >= 0.3 is 0 Å². The number of rotatable bonds is 5. The Morgan fingerprint density at radius 2 is 2.14 bits per heavy atom. The lowest BCUT2D eigenvalue weighted by Crippen LogP contribution is -2.38. The van der Waals surface area contributed by atoms with E-state index in [0.717, 1.165) is 12.1 Å². The van der Waals surface area contributed by atoms with Crippen LogP contribution in [0.2, 0.25) is 5.02 Å². The Bertz CT molecular complexity index is 610. The molecule has 0 unspecified atom stereocenters. The maximum absolute atomic E-state index is 13.2. The zero-order chi connectivity index (χ0) is 15.6. The first-order chi connectivity index (χ1) is 9.90. The number of ether oxygens (including phenoxy) is 2. The molecule has 2 rings (SSSR count). The Balaban J connectivity index is 2.34. The van der Waals surface area contributed by atoms with E-state index in [9.17, 15) is 12.8 Å². The lowest BCUT2D eigenvalue weighted by molar-refractivity contribution is 0.110. The van der Waals surface area contributed by atoms with E-state index in [1.165, 1.54) is 17.5 Å². The molecule has 0 radical (unpaired) electrons. The van der Waals surface area contributed by atoms with Crippen LogP contribution in [0.3, 0.4) is 0 Å². The molecule has 2 atom stereocenters. The highest BCUT2D eigenvalue weighted by Gasteiger charge is 2.40. The molecular formula is C13H17ClFNO4S. The summed E-state index contributed by atoms with van der Waals surface area (Å²) in [6.45, 7) is 0.510. The highest BCUT2D eigenvalue weighted by Crippen LogP contribution is 2.29. The van der Waals surface area contributed by atoms with Crippen molar-refractivity contribution in [2.45, 2.75) is 23.5 Å². The number of methoxy groups -OCH3 is 2. The summed E-state index contributed by atoms with van der Waals surface area (Å²) in [6.07, 6.45) is 0.370. The van der Waals surface area contributed by atoms with Crippen LogP contribution in [-0.4, -0.2) is 52.2 Å². The molecule has 1 aromatic rings. The number of sulfonamides is 1. The van der Waals surface area contributed by atoms with Crippen molar-refractivity contribution in [1.29, 1.82) is 0 Å². The number of halogens is 2. The Hall–Kier alpha value is -0.730. The van der Waals surface area contributed by atoms with Crippen LogP contribution in [0.15, 0.2) is 23.1 Å². The molecule has 8 heteroatoms. The predicted octanol–water partition coefficient (Wildman–Crippen LogP) is 1.90. The largest absolute Gasteiger partial charge is 0.383 e. The minimum atomic E-state index is -3.77. The standard InChI is InChI=1S/C13H17ClFNO4S/c1-19-8-9-5-10(20-2)7-16(9)21(17,18)11-3-4-13(15)12(14)6-11/h3-4,6,9-10H,5,7-8H2,1-2H3/t9-,10-/m0/s1. The van der Waals surface area contributed by atoms with Crippen molar-refractivity contribution >= 4 is 21.6 Å². The van der Waals surface area contributed by atoms with Crippen molar-refractivity contribution in [3.8, 4) is 0 Å². The summed E-state index contributed by atoms with van der Waals surface area (Å²) in [6, 6.07) is 3.06. The molecule has 0 spiro atoms. The fraction of sp³-hybridized carbons (Fsp3) is 0.538. The molecule has 1 fully saturated rings. The summed E-state index contributed by atoms with van der Waals surface area (Å²) in [5, 5.41) is -0.221. The molecule has 1 aliphatic rings. The van der Waals surface area contributed by atoms with Gasteiger partial charge in [-0.2, -0.15) is 4.31 Å². The third-order valence-electron chi connectivity index (χ3n) is 3.52. The Morgan fingerprint density at radius 3 is 2.71 bits per heavy atom.